The quantitative estimate of drug-likeness (QED) is 0.276. The number of aromatic amines is 1. The summed E-state index contributed by atoms with van der Waals surface area (Å²) < 4.78 is 0. The van der Waals surface area contributed by atoms with Gasteiger partial charge in [-0.15, -0.1) is 0 Å². The molecule has 2 fully saturated rings. The lowest BCUT2D eigenvalue weighted by atomic mass is 10.0. The molecule has 9 heteroatoms. The molecule has 8 nitrogen and oxygen atoms in total. The van der Waals surface area contributed by atoms with Crippen LogP contribution in [0.25, 0.3) is 0 Å². The molecule has 2 aliphatic carbocycles. The van der Waals surface area contributed by atoms with Crippen LogP contribution in [0, 0.1) is 18.8 Å². The van der Waals surface area contributed by atoms with Crippen LogP contribution >= 0.6 is 11.8 Å². The Kier molecular flexibility index (Phi) is 6.99. The minimum atomic E-state index is 0.116. The Balaban J connectivity index is 1.27. The normalized spacial score (nSPS) is 15.9. The van der Waals surface area contributed by atoms with Crippen LogP contribution in [0.3, 0.4) is 0 Å². The number of hydrogen-bond donors (Lipinski definition) is 4. The largest absolute Gasteiger partial charge is 0.370 e. The fourth-order valence-electron chi connectivity index (χ4n) is 4.25. The van der Waals surface area contributed by atoms with E-state index in [0.717, 1.165) is 53.2 Å². The molecular formula is C25H31N7OS. The summed E-state index contributed by atoms with van der Waals surface area (Å²) in [4.78, 5) is 22.5. The lowest BCUT2D eigenvalue weighted by Crippen LogP contribution is -2.12. The maximum Gasteiger partial charge on any atom is 0.227 e. The first-order valence-corrected chi connectivity index (χ1v) is 12.9. The van der Waals surface area contributed by atoms with Crippen molar-refractivity contribution < 1.29 is 4.79 Å². The van der Waals surface area contributed by atoms with E-state index in [1.54, 1.807) is 0 Å². The molecule has 0 radical (unpaired) electrons. The highest BCUT2D eigenvalue weighted by Crippen LogP contribution is 2.32. The average Bonchev–Trinajstić information content (AvgIpc) is 3.41. The standard InChI is InChI=1S/C25H31N7OS/c1-16-14-23(32-31-16)28-22-15-21(26-13-12-17-4-2-3-5-17)29-25(30-22)34-20-10-8-19(9-11-20)27-24(33)18-6-7-18/h8-11,14-15,17-18H,2-7,12-13H2,1H3,(H,27,33)(H3,26,28,29,30,31,32). The van der Waals surface area contributed by atoms with Crippen molar-refractivity contribution in [2.24, 2.45) is 11.8 Å². The van der Waals surface area contributed by atoms with Gasteiger partial charge in [0.25, 0.3) is 0 Å². The van der Waals surface area contributed by atoms with Crippen LogP contribution in [0.15, 0.2) is 46.5 Å². The van der Waals surface area contributed by atoms with E-state index in [1.807, 2.05) is 43.3 Å². The van der Waals surface area contributed by atoms with Crippen molar-refractivity contribution in [3.63, 3.8) is 0 Å². The third kappa shape index (κ3) is 6.28. The van der Waals surface area contributed by atoms with E-state index in [-0.39, 0.29) is 11.8 Å². The van der Waals surface area contributed by atoms with Crippen molar-refractivity contribution in [1.29, 1.82) is 0 Å². The molecule has 4 N–H and O–H groups in total. The second kappa shape index (κ2) is 10.5. The number of benzene rings is 1. The smallest absolute Gasteiger partial charge is 0.227 e. The summed E-state index contributed by atoms with van der Waals surface area (Å²) in [5, 5.41) is 17.6. The lowest BCUT2D eigenvalue weighted by molar-refractivity contribution is -0.117. The first-order chi connectivity index (χ1) is 16.6. The molecule has 0 unspecified atom stereocenters. The van der Waals surface area contributed by atoms with Crippen molar-refractivity contribution in [2.75, 3.05) is 22.5 Å². The zero-order chi connectivity index (χ0) is 23.3. The Morgan fingerprint density at radius 2 is 1.82 bits per heavy atom. The first-order valence-electron chi connectivity index (χ1n) is 12.1. The summed E-state index contributed by atoms with van der Waals surface area (Å²) >= 11 is 1.50. The molecule has 2 saturated carbocycles. The molecule has 0 aliphatic heterocycles. The second-order valence-electron chi connectivity index (χ2n) is 9.22. The summed E-state index contributed by atoms with van der Waals surface area (Å²) in [6.45, 7) is 2.85. The van der Waals surface area contributed by atoms with Crippen LogP contribution in [0.5, 0.6) is 0 Å². The number of anilines is 4. The molecule has 0 saturated heterocycles. The summed E-state index contributed by atoms with van der Waals surface area (Å²) in [5.41, 5.74) is 1.73. The van der Waals surface area contributed by atoms with Gasteiger partial charge in [-0.1, -0.05) is 25.7 Å². The Morgan fingerprint density at radius 3 is 2.53 bits per heavy atom. The number of amides is 1. The van der Waals surface area contributed by atoms with Crippen LogP contribution in [-0.2, 0) is 4.79 Å². The van der Waals surface area contributed by atoms with Crippen LogP contribution in [0.1, 0.15) is 50.6 Å². The number of aryl methyl sites for hydroxylation is 1. The van der Waals surface area contributed by atoms with Gasteiger partial charge in [0, 0.05) is 35.2 Å². The molecule has 178 valence electrons. The third-order valence-corrected chi connectivity index (χ3v) is 7.16. The Bertz CT molecular complexity index is 1120. The zero-order valence-corrected chi connectivity index (χ0v) is 20.3. The molecule has 0 spiro atoms. The van der Waals surface area contributed by atoms with E-state index in [9.17, 15) is 4.79 Å². The first kappa shape index (κ1) is 22.7. The van der Waals surface area contributed by atoms with Gasteiger partial charge >= 0.3 is 0 Å². The molecule has 2 aromatic heterocycles. The topological polar surface area (TPSA) is 108 Å². The second-order valence-corrected chi connectivity index (χ2v) is 10.3. The van der Waals surface area contributed by atoms with Crippen LogP contribution < -0.4 is 16.0 Å². The maximum absolute atomic E-state index is 12.0. The number of aromatic nitrogens is 4. The minimum absolute atomic E-state index is 0.116. The molecule has 34 heavy (non-hydrogen) atoms. The minimum Gasteiger partial charge on any atom is -0.370 e. The average molecular weight is 478 g/mol. The van der Waals surface area contributed by atoms with E-state index in [4.69, 9.17) is 9.97 Å². The predicted molar refractivity (Wildman–Crippen MR) is 136 cm³/mol. The molecule has 2 aliphatic rings. The number of hydrogen-bond acceptors (Lipinski definition) is 7. The van der Waals surface area contributed by atoms with Crippen molar-refractivity contribution in [2.45, 2.75) is 61.9 Å². The van der Waals surface area contributed by atoms with Crippen molar-refractivity contribution in [3.05, 3.63) is 42.1 Å². The SMILES string of the molecule is Cc1cc(Nc2cc(NCCC3CCCC3)nc(Sc3ccc(NC(=O)C4CC4)cc3)n2)[nH]n1. The molecule has 0 bridgehead atoms. The van der Waals surface area contributed by atoms with Gasteiger partial charge in [0.05, 0.1) is 5.69 Å². The summed E-state index contributed by atoms with van der Waals surface area (Å²) in [5.74, 6) is 3.44. The van der Waals surface area contributed by atoms with Gasteiger partial charge in [0.1, 0.15) is 17.5 Å². The molecule has 5 rings (SSSR count). The highest BCUT2D eigenvalue weighted by Gasteiger charge is 2.29. The number of H-pyrrole nitrogens is 1. The lowest BCUT2D eigenvalue weighted by Gasteiger charge is -2.13. The van der Waals surface area contributed by atoms with E-state index >= 15 is 0 Å². The summed E-state index contributed by atoms with van der Waals surface area (Å²) in [6.07, 6.45) is 8.57. The fourth-order valence-corrected chi connectivity index (χ4v) is 5.03. The van der Waals surface area contributed by atoms with Gasteiger partial charge in [0.15, 0.2) is 5.16 Å². The highest BCUT2D eigenvalue weighted by molar-refractivity contribution is 7.99. The third-order valence-electron chi connectivity index (χ3n) is 6.29. The predicted octanol–water partition coefficient (Wildman–Crippen LogP) is 5.74. The zero-order valence-electron chi connectivity index (χ0n) is 19.4. The van der Waals surface area contributed by atoms with E-state index < -0.39 is 0 Å². The van der Waals surface area contributed by atoms with Gasteiger partial charge < -0.3 is 16.0 Å². The Morgan fingerprint density at radius 1 is 1.06 bits per heavy atom. The molecule has 3 aromatic rings. The van der Waals surface area contributed by atoms with Crippen molar-refractivity contribution in [3.8, 4) is 0 Å². The van der Waals surface area contributed by atoms with Gasteiger partial charge in [-0.2, -0.15) is 5.10 Å². The van der Waals surface area contributed by atoms with Gasteiger partial charge in [0.2, 0.25) is 5.91 Å². The highest BCUT2D eigenvalue weighted by atomic mass is 32.2. The van der Waals surface area contributed by atoms with Crippen molar-refractivity contribution >= 4 is 40.8 Å². The van der Waals surface area contributed by atoms with E-state index in [2.05, 4.69) is 26.1 Å². The van der Waals surface area contributed by atoms with Crippen LogP contribution in [0.4, 0.5) is 23.1 Å². The molecule has 2 heterocycles. The number of carbonyl (C=O) groups is 1. The molecule has 1 amide bonds. The molecular weight excluding hydrogens is 446 g/mol. The monoisotopic (exact) mass is 477 g/mol. The maximum atomic E-state index is 12.0. The Hall–Kier alpha value is -3.07. The Labute approximate surface area is 204 Å². The van der Waals surface area contributed by atoms with E-state index in [1.165, 1.54) is 43.9 Å². The fraction of sp³-hybridized carbons (Fsp3) is 0.440. The van der Waals surface area contributed by atoms with Gasteiger partial charge in [-0.05, 0) is 68.1 Å². The van der Waals surface area contributed by atoms with E-state index in [0.29, 0.717) is 11.0 Å². The number of rotatable bonds is 10. The number of carbonyl (C=O) groups excluding carboxylic acids is 1. The van der Waals surface area contributed by atoms with Crippen LogP contribution in [0.2, 0.25) is 0 Å². The molecule has 0 atom stereocenters. The van der Waals surface area contributed by atoms with Gasteiger partial charge in [-0.25, -0.2) is 9.97 Å². The summed E-state index contributed by atoms with van der Waals surface area (Å²) in [7, 11) is 0. The summed E-state index contributed by atoms with van der Waals surface area (Å²) in [6, 6.07) is 11.7. The van der Waals surface area contributed by atoms with Gasteiger partial charge in [-0.3, -0.25) is 9.89 Å². The number of nitrogens with one attached hydrogen (secondary N) is 4. The molecule has 1 aromatic carbocycles. The van der Waals surface area contributed by atoms with Crippen molar-refractivity contribution in [1.82, 2.24) is 20.2 Å². The van der Waals surface area contributed by atoms with Crippen LogP contribution in [-0.4, -0.2) is 32.6 Å². The number of nitrogens with zero attached hydrogens (tertiary/aromatic N) is 3.